The largest absolute Gasteiger partial charge is 0.314 e. The molecule has 118 valence electrons. The van der Waals surface area contributed by atoms with Crippen LogP contribution in [0.1, 0.15) is 58.8 Å². The Kier molecular flexibility index (Phi) is 7.32. The summed E-state index contributed by atoms with van der Waals surface area (Å²) in [5.41, 5.74) is 0. The standard InChI is InChI=1S/C17H35N3/c1-3-16(18-4-2)9-8-11-19-14-10-17(15-19)20-12-6-5-7-13-20/h16-18H,3-15H2,1-2H3. The van der Waals surface area contributed by atoms with Gasteiger partial charge < -0.3 is 10.2 Å². The van der Waals surface area contributed by atoms with E-state index in [4.69, 9.17) is 0 Å². The molecule has 20 heavy (non-hydrogen) atoms. The van der Waals surface area contributed by atoms with Gasteiger partial charge in [0.1, 0.15) is 0 Å². The van der Waals surface area contributed by atoms with Crippen LogP contribution in [0.2, 0.25) is 0 Å². The van der Waals surface area contributed by atoms with Gasteiger partial charge in [0, 0.05) is 18.6 Å². The molecule has 1 N–H and O–H groups in total. The first-order valence-electron chi connectivity index (χ1n) is 9.03. The first kappa shape index (κ1) is 16.3. The van der Waals surface area contributed by atoms with Crippen LogP contribution in [0.25, 0.3) is 0 Å². The van der Waals surface area contributed by atoms with Crippen molar-refractivity contribution in [1.82, 2.24) is 15.1 Å². The van der Waals surface area contributed by atoms with Crippen LogP contribution in [0.4, 0.5) is 0 Å². The Bertz CT molecular complexity index is 251. The second-order valence-electron chi connectivity index (χ2n) is 6.64. The SMILES string of the molecule is CCNC(CC)CCCN1CCC(N2CCCCC2)C1. The topological polar surface area (TPSA) is 18.5 Å². The van der Waals surface area contributed by atoms with Gasteiger partial charge >= 0.3 is 0 Å². The number of rotatable bonds is 8. The molecule has 0 bridgehead atoms. The van der Waals surface area contributed by atoms with Gasteiger partial charge in [-0.1, -0.05) is 20.3 Å². The molecule has 2 unspecified atom stereocenters. The fourth-order valence-electron chi connectivity index (χ4n) is 3.90. The Balaban J connectivity index is 1.60. The lowest BCUT2D eigenvalue weighted by atomic mass is 10.1. The summed E-state index contributed by atoms with van der Waals surface area (Å²) in [7, 11) is 0. The third kappa shape index (κ3) is 5.01. The van der Waals surface area contributed by atoms with Gasteiger partial charge in [-0.15, -0.1) is 0 Å². The van der Waals surface area contributed by atoms with E-state index < -0.39 is 0 Å². The number of hydrogen-bond acceptors (Lipinski definition) is 3. The lowest BCUT2D eigenvalue weighted by Crippen LogP contribution is -2.41. The minimum absolute atomic E-state index is 0.737. The summed E-state index contributed by atoms with van der Waals surface area (Å²) < 4.78 is 0. The van der Waals surface area contributed by atoms with E-state index >= 15 is 0 Å². The highest BCUT2D eigenvalue weighted by Gasteiger charge is 2.27. The van der Waals surface area contributed by atoms with E-state index in [0.29, 0.717) is 0 Å². The van der Waals surface area contributed by atoms with E-state index in [0.717, 1.165) is 18.6 Å². The van der Waals surface area contributed by atoms with Crippen LogP contribution in [0, 0.1) is 0 Å². The fourth-order valence-corrected chi connectivity index (χ4v) is 3.90. The van der Waals surface area contributed by atoms with Gasteiger partial charge in [-0.3, -0.25) is 4.90 Å². The fraction of sp³-hybridized carbons (Fsp3) is 1.00. The minimum Gasteiger partial charge on any atom is -0.314 e. The minimum atomic E-state index is 0.737. The van der Waals surface area contributed by atoms with Crippen molar-refractivity contribution >= 4 is 0 Å². The zero-order valence-electron chi connectivity index (χ0n) is 13.7. The van der Waals surface area contributed by atoms with E-state index in [1.807, 2.05) is 0 Å². The zero-order valence-corrected chi connectivity index (χ0v) is 13.7. The molecule has 0 radical (unpaired) electrons. The molecule has 0 aromatic heterocycles. The van der Waals surface area contributed by atoms with Crippen molar-refractivity contribution in [3.8, 4) is 0 Å². The molecule has 2 aliphatic heterocycles. The highest BCUT2D eigenvalue weighted by Crippen LogP contribution is 2.20. The first-order valence-corrected chi connectivity index (χ1v) is 9.03. The second kappa shape index (κ2) is 9.01. The van der Waals surface area contributed by atoms with Crippen LogP contribution in [0.3, 0.4) is 0 Å². The first-order chi connectivity index (χ1) is 9.83. The van der Waals surface area contributed by atoms with Crippen LogP contribution in [-0.4, -0.2) is 61.2 Å². The maximum Gasteiger partial charge on any atom is 0.0235 e. The quantitative estimate of drug-likeness (QED) is 0.738. The molecule has 3 nitrogen and oxygen atoms in total. The summed E-state index contributed by atoms with van der Waals surface area (Å²) in [4.78, 5) is 5.47. The number of piperidine rings is 1. The van der Waals surface area contributed by atoms with E-state index in [1.54, 1.807) is 0 Å². The normalized spacial score (nSPS) is 27.0. The molecule has 0 aromatic rings. The summed E-state index contributed by atoms with van der Waals surface area (Å²) in [6, 6.07) is 1.60. The maximum atomic E-state index is 3.59. The lowest BCUT2D eigenvalue weighted by molar-refractivity contribution is 0.161. The van der Waals surface area contributed by atoms with Gasteiger partial charge in [0.2, 0.25) is 0 Å². The van der Waals surface area contributed by atoms with E-state index in [1.165, 1.54) is 77.7 Å². The van der Waals surface area contributed by atoms with Gasteiger partial charge in [0.05, 0.1) is 0 Å². The Labute approximate surface area is 126 Å². The van der Waals surface area contributed by atoms with Crippen molar-refractivity contribution in [2.45, 2.75) is 70.9 Å². The predicted molar refractivity (Wildman–Crippen MR) is 87.3 cm³/mol. The van der Waals surface area contributed by atoms with Gasteiger partial charge in [0.15, 0.2) is 0 Å². The predicted octanol–water partition coefficient (Wildman–Crippen LogP) is 2.71. The summed E-state index contributed by atoms with van der Waals surface area (Å²) >= 11 is 0. The smallest absolute Gasteiger partial charge is 0.0235 e. The third-order valence-corrected chi connectivity index (χ3v) is 5.17. The highest BCUT2D eigenvalue weighted by molar-refractivity contribution is 4.84. The number of nitrogens with zero attached hydrogens (tertiary/aromatic N) is 2. The summed E-state index contributed by atoms with van der Waals surface area (Å²) in [6.45, 7) is 12.3. The molecule has 0 amide bonds. The van der Waals surface area contributed by atoms with Crippen LogP contribution in [-0.2, 0) is 0 Å². The maximum absolute atomic E-state index is 3.59. The average molecular weight is 281 g/mol. The van der Waals surface area contributed by atoms with E-state index in [9.17, 15) is 0 Å². The Hall–Kier alpha value is -0.120. The van der Waals surface area contributed by atoms with Crippen LogP contribution >= 0.6 is 0 Å². The Morgan fingerprint density at radius 1 is 1.10 bits per heavy atom. The summed E-state index contributed by atoms with van der Waals surface area (Å²) in [5, 5.41) is 3.59. The van der Waals surface area contributed by atoms with Crippen molar-refractivity contribution in [1.29, 1.82) is 0 Å². The molecule has 2 fully saturated rings. The van der Waals surface area contributed by atoms with Crippen LogP contribution < -0.4 is 5.32 Å². The summed E-state index contributed by atoms with van der Waals surface area (Å²) in [5.74, 6) is 0. The zero-order chi connectivity index (χ0) is 14.2. The van der Waals surface area contributed by atoms with Crippen molar-refractivity contribution in [3.63, 3.8) is 0 Å². The van der Waals surface area contributed by atoms with Crippen LogP contribution in [0.15, 0.2) is 0 Å². The molecule has 0 aromatic carbocycles. The molecule has 3 heteroatoms. The molecule has 2 rings (SSSR count). The monoisotopic (exact) mass is 281 g/mol. The van der Waals surface area contributed by atoms with Crippen molar-refractivity contribution in [2.24, 2.45) is 0 Å². The molecule has 0 aliphatic carbocycles. The number of likely N-dealkylation sites (tertiary alicyclic amines) is 2. The number of nitrogens with one attached hydrogen (secondary N) is 1. The summed E-state index contributed by atoms with van der Waals surface area (Å²) in [6.07, 6.45) is 9.69. The molecule has 2 atom stereocenters. The van der Waals surface area contributed by atoms with Crippen molar-refractivity contribution < 1.29 is 0 Å². The van der Waals surface area contributed by atoms with Gasteiger partial charge in [-0.2, -0.15) is 0 Å². The van der Waals surface area contributed by atoms with Crippen molar-refractivity contribution in [2.75, 3.05) is 39.3 Å². The highest BCUT2D eigenvalue weighted by atomic mass is 15.3. The van der Waals surface area contributed by atoms with Gasteiger partial charge in [-0.05, 0) is 71.2 Å². The van der Waals surface area contributed by atoms with Crippen LogP contribution in [0.5, 0.6) is 0 Å². The van der Waals surface area contributed by atoms with E-state index in [2.05, 4.69) is 29.0 Å². The third-order valence-electron chi connectivity index (χ3n) is 5.17. The number of hydrogen-bond donors (Lipinski definition) is 1. The molecular formula is C17H35N3. The molecule has 0 saturated carbocycles. The molecule has 0 spiro atoms. The van der Waals surface area contributed by atoms with Crippen molar-refractivity contribution in [3.05, 3.63) is 0 Å². The Morgan fingerprint density at radius 3 is 2.60 bits per heavy atom. The average Bonchev–Trinajstić information content (AvgIpc) is 2.96. The molecule has 2 aliphatic rings. The Morgan fingerprint density at radius 2 is 1.90 bits per heavy atom. The van der Waals surface area contributed by atoms with E-state index in [-0.39, 0.29) is 0 Å². The molecule has 2 saturated heterocycles. The second-order valence-corrected chi connectivity index (χ2v) is 6.64. The molecular weight excluding hydrogens is 246 g/mol. The van der Waals surface area contributed by atoms with Gasteiger partial charge in [0.25, 0.3) is 0 Å². The lowest BCUT2D eigenvalue weighted by Gasteiger charge is -2.32. The molecule has 2 heterocycles. The van der Waals surface area contributed by atoms with Gasteiger partial charge in [-0.25, -0.2) is 0 Å².